The first-order valence-corrected chi connectivity index (χ1v) is 20.4. The maximum atomic E-state index is 13.9. The van der Waals surface area contributed by atoms with Crippen LogP contribution in [-0.4, -0.2) is 61.6 Å². The molecule has 0 unspecified atom stereocenters. The predicted molar refractivity (Wildman–Crippen MR) is 211 cm³/mol. The van der Waals surface area contributed by atoms with Crippen molar-refractivity contribution >= 4 is 45.1 Å². The Morgan fingerprint density at radius 1 is 0.944 bits per heavy atom. The SMILES string of the molecule is CCN(CC)S(=O)(=O)c1ccc(-c2ccc(C[C@H](CC(=O)C3CCC(CNC(=O)OC(C)(C)C)CC3)C(=O)Nc3ccc4c(c3)CC(=O)N4)cc2)c(C)c1. The van der Waals surface area contributed by atoms with Crippen LogP contribution in [0.2, 0.25) is 0 Å². The monoisotopic (exact) mass is 758 g/mol. The number of aryl methyl sites for hydroxylation is 1. The van der Waals surface area contributed by atoms with Crippen LogP contribution in [0.15, 0.2) is 65.6 Å². The molecule has 54 heavy (non-hydrogen) atoms. The second-order valence-corrected chi connectivity index (χ2v) is 17.5. The van der Waals surface area contributed by atoms with E-state index in [0.717, 1.165) is 46.3 Å². The van der Waals surface area contributed by atoms with E-state index in [4.69, 9.17) is 4.74 Å². The first-order valence-electron chi connectivity index (χ1n) is 19.0. The molecule has 0 saturated heterocycles. The van der Waals surface area contributed by atoms with Gasteiger partial charge in [-0.05, 0) is 124 Å². The smallest absolute Gasteiger partial charge is 0.407 e. The number of nitrogens with zero attached hydrogens (tertiary/aromatic N) is 1. The number of carbonyl (C=O) groups excluding carboxylic acids is 4. The van der Waals surface area contributed by atoms with Gasteiger partial charge < -0.3 is 20.7 Å². The molecule has 0 aromatic heterocycles. The van der Waals surface area contributed by atoms with Crippen molar-refractivity contribution in [1.29, 1.82) is 0 Å². The summed E-state index contributed by atoms with van der Waals surface area (Å²) in [4.78, 5) is 52.0. The highest BCUT2D eigenvalue weighted by molar-refractivity contribution is 7.89. The van der Waals surface area contributed by atoms with Gasteiger partial charge in [-0.25, -0.2) is 13.2 Å². The van der Waals surface area contributed by atoms with Gasteiger partial charge in [0.2, 0.25) is 21.8 Å². The molecule has 5 rings (SSSR count). The van der Waals surface area contributed by atoms with Crippen molar-refractivity contribution in [3.05, 3.63) is 77.4 Å². The number of carbonyl (C=O) groups is 4. The van der Waals surface area contributed by atoms with E-state index < -0.39 is 27.6 Å². The van der Waals surface area contributed by atoms with Crippen LogP contribution < -0.4 is 16.0 Å². The van der Waals surface area contributed by atoms with E-state index in [2.05, 4.69) is 16.0 Å². The van der Waals surface area contributed by atoms with Crippen molar-refractivity contribution in [2.45, 2.75) is 97.0 Å². The van der Waals surface area contributed by atoms with E-state index in [0.29, 0.717) is 44.6 Å². The van der Waals surface area contributed by atoms with Gasteiger partial charge in [0, 0.05) is 49.3 Å². The molecular weight excluding hydrogens is 705 g/mol. The minimum atomic E-state index is -3.58. The Morgan fingerprint density at radius 3 is 2.26 bits per heavy atom. The molecule has 1 fully saturated rings. The molecule has 1 atom stereocenters. The fourth-order valence-electron chi connectivity index (χ4n) is 7.39. The summed E-state index contributed by atoms with van der Waals surface area (Å²) in [5.74, 6) is -0.827. The Labute approximate surface area is 319 Å². The highest BCUT2D eigenvalue weighted by Crippen LogP contribution is 2.33. The second kappa shape index (κ2) is 17.3. The molecule has 3 aromatic rings. The van der Waals surface area contributed by atoms with Crippen molar-refractivity contribution < 1.29 is 32.3 Å². The molecule has 0 bridgehead atoms. The highest BCUT2D eigenvalue weighted by Gasteiger charge is 2.31. The summed E-state index contributed by atoms with van der Waals surface area (Å²) in [6.45, 7) is 12.3. The summed E-state index contributed by atoms with van der Waals surface area (Å²) in [6.07, 6.45) is 3.23. The zero-order valence-electron chi connectivity index (χ0n) is 32.3. The van der Waals surface area contributed by atoms with Crippen molar-refractivity contribution in [2.24, 2.45) is 17.8 Å². The molecule has 0 radical (unpaired) electrons. The Balaban J connectivity index is 1.27. The van der Waals surface area contributed by atoms with Crippen LogP contribution >= 0.6 is 0 Å². The van der Waals surface area contributed by atoms with Crippen molar-refractivity contribution in [2.75, 3.05) is 30.3 Å². The van der Waals surface area contributed by atoms with Crippen molar-refractivity contribution in [1.82, 2.24) is 9.62 Å². The Kier molecular flexibility index (Phi) is 13.0. The molecule has 3 N–H and O–H groups in total. The lowest BCUT2D eigenvalue weighted by Crippen LogP contribution is -2.37. The lowest BCUT2D eigenvalue weighted by molar-refractivity contribution is -0.129. The molecule has 3 amide bonds. The summed E-state index contributed by atoms with van der Waals surface area (Å²) < 4.78 is 33.0. The summed E-state index contributed by atoms with van der Waals surface area (Å²) in [5.41, 5.74) is 5.10. The quantitative estimate of drug-likeness (QED) is 0.156. The zero-order chi connectivity index (χ0) is 39.2. The number of fused-ring (bicyclic) bond motifs is 1. The van der Waals surface area contributed by atoms with E-state index in [1.165, 1.54) is 4.31 Å². The zero-order valence-corrected chi connectivity index (χ0v) is 33.1. The van der Waals surface area contributed by atoms with Crippen LogP contribution in [-0.2, 0) is 42.0 Å². The summed E-state index contributed by atoms with van der Waals surface area (Å²) in [7, 11) is -3.58. The summed E-state index contributed by atoms with van der Waals surface area (Å²) in [5, 5.41) is 8.67. The van der Waals surface area contributed by atoms with Crippen LogP contribution in [0, 0.1) is 24.7 Å². The molecule has 3 aromatic carbocycles. The van der Waals surface area contributed by atoms with E-state index in [-0.39, 0.29) is 47.2 Å². The van der Waals surface area contributed by atoms with E-state index in [1.807, 2.05) is 71.9 Å². The van der Waals surface area contributed by atoms with Gasteiger partial charge in [-0.1, -0.05) is 44.2 Å². The average molecular weight is 759 g/mol. The second-order valence-electron chi connectivity index (χ2n) is 15.5. The molecular formula is C42H54N4O7S. The first kappa shape index (κ1) is 40.6. The van der Waals surface area contributed by atoms with E-state index in [9.17, 15) is 27.6 Å². The average Bonchev–Trinajstić information content (AvgIpc) is 3.50. The maximum Gasteiger partial charge on any atom is 0.407 e. The van der Waals surface area contributed by atoms with Gasteiger partial charge in [-0.15, -0.1) is 0 Å². The number of anilines is 2. The molecule has 290 valence electrons. The van der Waals surface area contributed by atoms with Gasteiger partial charge in [0.15, 0.2) is 0 Å². The number of hydrogen-bond acceptors (Lipinski definition) is 7. The number of sulfonamides is 1. The van der Waals surface area contributed by atoms with Gasteiger partial charge in [-0.2, -0.15) is 4.31 Å². The Bertz CT molecular complexity index is 1960. The van der Waals surface area contributed by atoms with E-state index >= 15 is 0 Å². The topological polar surface area (TPSA) is 151 Å². The number of ketones is 1. The van der Waals surface area contributed by atoms with Crippen molar-refractivity contribution in [3.8, 4) is 11.1 Å². The normalized spacial score (nSPS) is 17.7. The standard InChI is InChI=1S/C42H54N4O7S/c1-7-46(8-2)54(51,52)35-18-19-36(27(3)21-35)30-13-9-28(10-14-30)22-33(40(49)44-34-17-20-37-32(23-34)25-39(48)45-37)24-38(47)31-15-11-29(12-16-31)26-43-41(50)53-42(4,5)6/h9-10,13-14,17-21,23,29,31,33H,7-8,11-12,15-16,22,24-26H2,1-6H3,(H,43,50)(H,44,49)(H,45,48)/t29?,31?,33-/m1/s1. The number of amides is 3. The number of Topliss-reactive ketones (excluding diaryl/α,β-unsaturated/α-hetero) is 1. The fraction of sp³-hybridized carbons (Fsp3) is 0.476. The third-order valence-electron chi connectivity index (χ3n) is 10.3. The third kappa shape index (κ3) is 10.4. The van der Waals surface area contributed by atoms with Gasteiger partial charge in [0.05, 0.1) is 11.3 Å². The highest BCUT2D eigenvalue weighted by atomic mass is 32.2. The van der Waals surface area contributed by atoms with Gasteiger partial charge in [0.25, 0.3) is 0 Å². The molecule has 1 aliphatic carbocycles. The third-order valence-corrected chi connectivity index (χ3v) is 12.4. The minimum Gasteiger partial charge on any atom is -0.444 e. The Hall–Kier alpha value is -4.55. The molecule has 12 heteroatoms. The molecule has 1 heterocycles. The van der Waals surface area contributed by atoms with Crippen LogP contribution in [0.4, 0.5) is 16.2 Å². The summed E-state index contributed by atoms with van der Waals surface area (Å²) >= 11 is 0. The number of nitrogens with one attached hydrogen (secondary N) is 3. The van der Waals surface area contributed by atoms with Crippen LogP contribution in [0.25, 0.3) is 11.1 Å². The lowest BCUT2D eigenvalue weighted by atomic mass is 9.77. The molecule has 2 aliphatic rings. The van der Waals surface area contributed by atoms with Gasteiger partial charge >= 0.3 is 6.09 Å². The van der Waals surface area contributed by atoms with Crippen LogP contribution in [0.1, 0.15) is 83.4 Å². The largest absolute Gasteiger partial charge is 0.444 e. The van der Waals surface area contributed by atoms with Crippen molar-refractivity contribution in [3.63, 3.8) is 0 Å². The number of rotatable bonds is 14. The lowest BCUT2D eigenvalue weighted by Gasteiger charge is -2.29. The van der Waals surface area contributed by atoms with Crippen LogP contribution in [0.5, 0.6) is 0 Å². The maximum absolute atomic E-state index is 13.9. The van der Waals surface area contributed by atoms with Gasteiger partial charge in [-0.3, -0.25) is 14.4 Å². The number of ether oxygens (including phenoxy) is 1. The predicted octanol–water partition coefficient (Wildman–Crippen LogP) is 7.27. The Morgan fingerprint density at radius 2 is 1.63 bits per heavy atom. The molecule has 11 nitrogen and oxygen atoms in total. The number of hydrogen-bond donors (Lipinski definition) is 3. The fourth-order valence-corrected chi connectivity index (χ4v) is 8.93. The van der Waals surface area contributed by atoms with Crippen LogP contribution in [0.3, 0.4) is 0 Å². The van der Waals surface area contributed by atoms with Gasteiger partial charge in [0.1, 0.15) is 11.4 Å². The first-order chi connectivity index (χ1) is 25.6. The molecule has 1 aliphatic heterocycles. The molecule has 1 saturated carbocycles. The van der Waals surface area contributed by atoms with E-state index in [1.54, 1.807) is 30.3 Å². The summed E-state index contributed by atoms with van der Waals surface area (Å²) in [6, 6.07) is 18.3. The number of benzene rings is 3. The molecule has 0 spiro atoms. The number of alkyl carbamates (subject to hydrolysis) is 1. The minimum absolute atomic E-state index is 0.0597.